The minimum absolute atomic E-state index is 0.194. The quantitative estimate of drug-likeness (QED) is 0.642. The third kappa shape index (κ3) is 1.50. The average molecular weight is 197 g/mol. The zero-order valence-corrected chi connectivity index (χ0v) is 8.32. The molecular formula is C8H12FN5. The number of hydrogen-bond acceptors (Lipinski definition) is 4. The van der Waals surface area contributed by atoms with Crippen LogP contribution in [-0.2, 0) is 7.05 Å². The maximum atomic E-state index is 12.8. The number of aryl methyl sites for hydroxylation is 1. The highest BCUT2D eigenvalue weighted by Gasteiger charge is 2.10. The molecule has 0 radical (unpaired) electrons. The first-order valence-electron chi connectivity index (χ1n) is 4.28. The van der Waals surface area contributed by atoms with Crippen LogP contribution in [0.4, 0.5) is 10.2 Å². The van der Waals surface area contributed by atoms with Crippen LogP contribution >= 0.6 is 0 Å². The Hall–Kier alpha value is -1.72. The van der Waals surface area contributed by atoms with Gasteiger partial charge in [0.25, 0.3) is 6.08 Å². The predicted molar refractivity (Wildman–Crippen MR) is 52.0 cm³/mol. The highest BCUT2D eigenvalue weighted by molar-refractivity contribution is 5.81. The molecule has 0 atom stereocenters. The summed E-state index contributed by atoms with van der Waals surface area (Å²) in [4.78, 5) is 11.1. The van der Waals surface area contributed by atoms with Crippen LogP contribution in [0.1, 0.15) is 13.8 Å². The number of nitrogen functional groups attached to an aromatic ring is 1. The first-order valence-corrected chi connectivity index (χ1v) is 4.28. The number of hydrogen-bond donors (Lipinski definition) is 1. The Morgan fingerprint density at radius 3 is 2.57 bits per heavy atom. The zero-order valence-electron chi connectivity index (χ0n) is 8.32. The predicted octanol–water partition coefficient (Wildman–Crippen LogP) is 1.11. The van der Waals surface area contributed by atoms with Crippen molar-refractivity contribution in [3.63, 3.8) is 0 Å². The van der Waals surface area contributed by atoms with E-state index >= 15 is 0 Å². The molecule has 0 aliphatic rings. The summed E-state index contributed by atoms with van der Waals surface area (Å²) >= 11 is 0. The van der Waals surface area contributed by atoms with Gasteiger partial charge in [0.2, 0.25) is 0 Å². The monoisotopic (exact) mass is 197 g/mol. The van der Waals surface area contributed by atoms with Crippen molar-refractivity contribution in [1.82, 2.24) is 19.5 Å². The molecule has 14 heavy (non-hydrogen) atoms. The summed E-state index contributed by atoms with van der Waals surface area (Å²) in [6.45, 7) is 4.00. The van der Waals surface area contributed by atoms with Crippen LogP contribution in [-0.4, -0.2) is 19.5 Å². The van der Waals surface area contributed by atoms with Gasteiger partial charge in [0, 0.05) is 7.05 Å². The minimum atomic E-state index is -0.614. The Morgan fingerprint density at radius 1 is 1.36 bits per heavy atom. The third-order valence-corrected chi connectivity index (χ3v) is 1.63. The number of nitrogens with zero attached hydrogens (tertiary/aromatic N) is 4. The van der Waals surface area contributed by atoms with Crippen molar-refractivity contribution in [3.8, 4) is 0 Å². The molecule has 0 bridgehead atoms. The Labute approximate surface area is 80.8 Å². The summed E-state index contributed by atoms with van der Waals surface area (Å²) < 4.78 is 14.1. The van der Waals surface area contributed by atoms with E-state index in [1.54, 1.807) is 0 Å². The molecule has 2 rings (SSSR count). The van der Waals surface area contributed by atoms with Crippen LogP contribution in [0.15, 0.2) is 6.33 Å². The Bertz CT molecular complexity index is 436. The van der Waals surface area contributed by atoms with E-state index in [0.29, 0.717) is 11.2 Å². The Balaban J connectivity index is 0.000000461. The topological polar surface area (TPSA) is 69.6 Å². The highest BCUT2D eigenvalue weighted by atomic mass is 19.1. The van der Waals surface area contributed by atoms with Gasteiger partial charge in [-0.3, -0.25) is 4.57 Å². The standard InChI is InChI=1S/C6H6FN5.C2H6/c1-12-5-3(11-6(12)7)4(8)9-2-10-5;1-2/h2H,1H3,(H2,8,9,10);1-2H3. The summed E-state index contributed by atoms with van der Waals surface area (Å²) in [6.07, 6.45) is 0.663. The molecular weight excluding hydrogens is 185 g/mol. The molecule has 0 saturated carbocycles. The van der Waals surface area contributed by atoms with Gasteiger partial charge in [0.1, 0.15) is 6.33 Å². The summed E-state index contributed by atoms with van der Waals surface area (Å²) in [5.41, 5.74) is 6.15. The molecule has 0 aliphatic heterocycles. The van der Waals surface area contributed by atoms with E-state index in [1.807, 2.05) is 13.8 Å². The number of aromatic nitrogens is 4. The maximum absolute atomic E-state index is 12.8. The lowest BCUT2D eigenvalue weighted by molar-refractivity contribution is 0.506. The van der Waals surface area contributed by atoms with Crippen molar-refractivity contribution in [2.75, 3.05) is 5.73 Å². The lowest BCUT2D eigenvalue weighted by atomic mass is 10.5. The molecule has 0 unspecified atom stereocenters. The SMILES string of the molecule is CC.Cn1c(F)nc2c(N)ncnc21. The van der Waals surface area contributed by atoms with Gasteiger partial charge in [-0.15, -0.1) is 0 Å². The Morgan fingerprint density at radius 2 is 2.00 bits per heavy atom. The molecule has 2 aromatic rings. The molecule has 6 heteroatoms. The molecule has 0 fully saturated rings. The van der Waals surface area contributed by atoms with E-state index in [4.69, 9.17) is 5.73 Å². The summed E-state index contributed by atoms with van der Waals surface area (Å²) in [5.74, 6) is 0.194. The number of anilines is 1. The first-order chi connectivity index (χ1) is 6.70. The molecule has 2 N–H and O–H groups in total. The lowest BCUT2D eigenvalue weighted by Gasteiger charge is -1.93. The second-order valence-electron chi connectivity index (χ2n) is 2.37. The van der Waals surface area contributed by atoms with Gasteiger partial charge in [-0.1, -0.05) is 13.8 Å². The van der Waals surface area contributed by atoms with Crippen LogP contribution in [0.3, 0.4) is 0 Å². The van der Waals surface area contributed by atoms with E-state index in [9.17, 15) is 4.39 Å². The average Bonchev–Trinajstić information content (AvgIpc) is 2.50. The minimum Gasteiger partial charge on any atom is -0.382 e. The smallest absolute Gasteiger partial charge is 0.291 e. The normalized spacial score (nSPS) is 9.71. The van der Waals surface area contributed by atoms with Crippen LogP contribution in [0.5, 0.6) is 0 Å². The van der Waals surface area contributed by atoms with Crippen molar-refractivity contribution in [2.45, 2.75) is 13.8 Å². The van der Waals surface area contributed by atoms with E-state index < -0.39 is 6.08 Å². The largest absolute Gasteiger partial charge is 0.382 e. The zero-order chi connectivity index (χ0) is 10.7. The van der Waals surface area contributed by atoms with Crippen molar-refractivity contribution in [1.29, 1.82) is 0 Å². The van der Waals surface area contributed by atoms with Crippen molar-refractivity contribution < 1.29 is 4.39 Å². The molecule has 2 aromatic heterocycles. The van der Waals surface area contributed by atoms with Crippen molar-refractivity contribution in [3.05, 3.63) is 12.4 Å². The maximum Gasteiger partial charge on any atom is 0.291 e. The number of fused-ring (bicyclic) bond motifs is 1. The number of rotatable bonds is 0. The summed E-state index contributed by atoms with van der Waals surface area (Å²) in [7, 11) is 1.52. The lowest BCUT2D eigenvalue weighted by Crippen LogP contribution is -1.95. The summed E-state index contributed by atoms with van der Waals surface area (Å²) in [5, 5.41) is 0. The fourth-order valence-electron chi connectivity index (χ4n) is 0.990. The van der Waals surface area contributed by atoms with Gasteiger partial charge in [0.15, 0.2) is 17.0 Å². The highest BCUT2D eigenvalue weighted by Crippen LogP contribution is 2.14. The van der Waals surface area contributed by atoms with Crippen LogP contribution in [0.2, 0.25) is 0 Å². The van der Waals surface area contributed by atoms with E-state index in [2.05, 4.69) is 15.0 Å². The molecule has 5 nitrogen and oxygen atoms in total. The van der Waals surface area contributed by atoms with Crippen LogP contribution in [0, 0.1) is 6.08 Å². The van der Waals surface area contributed by atoms with Gasteiger partial charge in [-0.25, -0.2) is 9.97 Å². The van der Waals surface area contributed by atoms with Crippen molar-refractivity contribution in [2.24, 2.45) is 7.05 Å². The van der Waals surface area contributed by atoms with Crippen LogP contribution in [0.25, 0.3) is 11.2 Å². The molecule has 0 spiro atoms. The van der Waals surface area contributed by atoms with E-state index in [0.717, 1.165) is 0 Å². The van der Waals surface area contributed by atoms with Gasteiger partial charge >= 0.3 is 0 Å². The second kappa shape index (κ2) is 3.99. The van der Waals surface area contributed by atoms with Gasteiger partial charge in [0.05, 0.1) is 0 Å². The number of imidazole rings is 1. The van der Waals surface area contributed by atoms with E-state index in [1.165, 1.54) is 17.9 Å². The van der Waals surface area contributed by atoms with Gasteiger partial charge < -0.3 is 5.73 Å². The Kier molecular flexibility index (Phi) is 2.95. The summed E-state index contributed by atoms with van der Waals surface area (Å²) in [6, 6.07) is 0. The number of nitrogens with two attached hydrogens (primary N) is 1. The fraction of sp³-hybridized carbons (Fsp3) is 0.375. The first kappa shape index (κ1) is 10.4. The number of halogens is 1. The van der Waals surface area contributed by atoms with E-state index in [-0.39, 0.29) is 5.82 Å². The molecule has 0 aromatic carbocycles. The second-order valence-corrected chi connectivity index (χ2v) is 2.37. The molecule has 76 valence electrons. The molecule has 0 amide bonds. The fourth-order valence-corrected chi connectivity index (χ4v) is 0.990. The van der Waals surface area contributed by atoms with Crippen molar-refractivity contribution >= 4 is 17.0 Å². The van der Waals surface area contributed by atoms with Crippen LogP contribution < -0.4 is 5.73 Å². The van der Waals surface area contributed by atoms with Gasteiger partial charge in [-0.05, 0) is 0 Å². The molecule has 0 saturated heterocycles. The van der Waals surface area contributed by atoms with Gasteiger partial charge in [-0.2, -0.15) is 9.37 Å². The third-order valence-electron chi connectivity index (χ3n) is 1.63. The molecule has 0 aliphatic carbocycles. The molecule has 2 heterocycles.